The molecule has 5 aromatic heterocycles. The molecule has 15 heteroatoms. The first kappa shape index (κ1) is 38.6. The van der Waals surface area contributed by atoms with Gasteiger partial charge in [-0.1, -0.05) is 97.1 Å². The molecule has 0 bridgehead atoms. The van der Waals surface area contributed by atoms with Gasteiger partial charge in [-0.15, -0.1) is 0 Å². The fraction of sp³-hybridized carbons (Fsp3) is 0.0455. The lowest BCUT2D eigenvalue weighted by atomic mass is 10.0. The standard InChI is InChI=1S/C24H19N7O2S.C20H15ClN4/c25-34(32,33)21-15-26-14-20(29-21)23-30-19-11-6-10-18(16-7-2-1-3-8-16)22(19)24(31-23)28-13-17-9-4-5-12-27-17;21-20-24-17-11-6-10-16(14-7-2-1-3-8-14)18(17)19(25-20)23-13-15-9-4-5-12-22-15/h1-12,14-15H,13H2,(H2,25,32,33)(H,28,30,31);1-12H,13H2,(H,23,24,25). The van der Waals surface area contributed by atoms with Gasteiger partial charge in [-0.2, -0.15) is 0 Å². The molecule has 4 N–H and O–H groups in total. The summed E-state index contributed by atoms with van der Waals surface area (Å²) in [6.07, 6.45) is 5.99. The van der Waals surface area contributed by atoms with Crippen molar-refractivity contribution in [3.8, 4) is 33.8 Å². The zero-order valence-electron chi connectivity index (χ0n) is 31.2. The fourth-order valence-electron chi connectivity index (χ4n) is 6.37. The highest BCUT2D eigenvalue weighted by Crippen LogP contribution is 2.35. The lowest BCUT2D eigenvalue weighted by Gasteiger charge is -2.14. The summed E-state index contributed by atoms with van der Waals surface area (Å²) in [5.41, 5.74) is 7.59. The van der Waals surface area contributed by atoms with Crippen LogP contribution in [0.1, 0.15) is 11.4 Å². The van der Waals surface area contributed by atoms with Crippen LogP contribution in [0.25, 0.3) is 55.6 Å². The number of nitrogens with zero attached hydrogens (tertiary/aromatic N) is 8. The van der Waals surface area contributed by atoms with Crippen molar-refractivity contribution in [1.82, 2.24) is 39.9 Å². The Kier molecular flexibility index (Phi) is 11.4. The Balaban J connectivity index is 0.000000172. The summed E-state index contributed by atoms with van der Waals surface area (Å²) in [5.74, 6) is 1.49. The summed E-state index contributed by atoms with van der Waals surface area (Å²) in [6, 6.07) is 43.4. The third-order valence-electron chi connectivity index (χ3n) is 9.05. The van der Waals surface area contributed by atoms with Gasteiger partial charge >= 0.3 is 0 Å². The number of nitrogens with two attached hydrogens (primary N) is 1. The van der Waals surface area contributed by atoms with Crippen molar-refractivity contribution in [2.75, 3.05) is 10.6 Å². The molecule has 4 aromatic carbocycles. The average molecular weight is 816 g/mol. The van der Waals surface area contributed by atoms with Crippen molar-refractivity contribution in [1.29, 1.82) is 0 Å². The number of primary sulfonamides is 1. The maximum Gasteiger partial charge on any atom is 0.257 e. The minimum absolute atomic E-state index is 0.194. The highest BCUT2D eigenvalue weighted by molar-refractivity contribution is 7.89. The molecule has 0 aliphatic rings. The molecular formula is C44H34ClN11O2S. The van der Waals surface area contributed by atoms with Crippen LogP contribution in [-0.2, 0) is 23.1 Å². The van der Waals surface area contributed by atoms with Crippen molar-refractivity contribution in [3.63, 3.8) is 0 Å². The van der Waals surface area contributed by atoms with Crippen LogP contribution in [0, 0.1) is 0 Å². The Morgan fingerprint density at radius 2 is 1.07 bits per heavy atom. The number of aromatic nitrogens is 8. The van der Waals surface area contributed by atoms with Crippen LogP contribution in [0.15, 0.2) is 163 Å². The molecule has 290 valence electrons. The molecule has 0 aliphatic carbocycles. The number of anilines is 2. The topological polar surface area (TPSA) is 187 Å². The number of pyridine rings is 2. The molecule has 9 rings (SSSR count). The predicted molar refractivity (Wildman–Crippen MR) is 230 cm³/mol. The van der Waals surface area contributed by atoms with Gasteiger partial charge in [0.2, 0.25) is 5.28 Å². The van der Waals surface area contributed by atoms with Crippen LogP contribution in [0.4, 0.5) is 11.6 Å². The number of rotatable bonds is 10. The Morgan fingerprint density at radius 3 is 1.59 bits per heavy atom. The van der Waals surface area contributed by atoms with Gasteiger partial charge in [0.05, 0.1) is 58.7 Å². The fourth-order valence-corrected chi connectivity index (χ4v) is 6.98. The maximum absolute atomic E-state index is 11.8. The molecule has 9 aromatic rings. The number of hydrogen-bond donors (Lipinski definition) is 3. The highest BCUT2D eigenvalue weighted by Gasteiger charge is 2.18. The Hall–Kier alpha value is -7.26. The molecule has 0 saturated carbocycles. The second kappa shape index (κ2) is 17.5. The van der Waals surface area contributed by atoms with Crippen LogP contribution < -0.4 is 15.8 Å². The molecular weight excluding hydrogens is 782 g/mol. The molecule has 59 heavy (non-hydrogen) atoms. The van der Waals surface area contributed by atoms with Gasteiger partial charge < -0.3 is 10.6 Å². The summed E-state index contributed by atoms with van der Waals surface area (Å²) in [4.78, 5) is 35.0. The number of sulfonamides is 1. The average Bonchev–Trinajstić information content (AvgIpc) is 3.28. The van der Waals surface area contributed by atoms with Crippen LogP contribution in [-0.4, -0.2) is 48.3 Å². The van der Waals surface area contributed by atoms with E-state index in [-0.39, 0.29) is 21.8 Å². The molecule has 0 spiro atoms. The molecule has 0 radical (unpaired) electrons. The number of hydrogen-bond acceptors (Lipinski definition) is 12. The predicted octanol–water partition coefficient (Wildman–Crippen LogP) is 8.37. The molecule has 0 atom stereocenters. The van der Waals surface area contributed by atoms with E-state index in [0.717, 1.165) is 56.1 Å². The van der Waals surface area contributed by atoms with E-state index < -0.39 is 10.0 Å². The molecule has 0 unspecified atom stereocenters. The Labute approximate surface area is 344 Å². The molecule has 0 fully saturated rings. The normalized spacial score (nSPS) is 11.2. The van der Waals surface area contributed by atoms with E-state index in [4.69, 9.17) is 21.7 Å². The Bertz CT molecular complexity index is 2990. The molecule has 13 nitrogen and oxygen atoms in total. The smallest absolute Gasteiger partial charge is 0.257 e. The minimum Gasteiger partial charge on any atom is -0.364 e. The van der Waals surface area contributed by atoms with Gasteiger partial charge in [-0.25, -0.2) is 38.5 Å². The highest BCUT2D eigenvalue weighted by atomic mass is 35.5. The molecule has 0 amide bonds. The third kappa shape index (κ3) is 9.16. The van der Waals surface area contributed by atoms with E-state index in [1.807, 2.05) is 115 Å². The van der Waals surface area contributed by atoms with Crippen molar-refractivity contribution in [2.24, 2.45) is 5.14 Å². The first-order valence-electron chi connectivity index (χ1n) is 18.3. The maximum atomic E-state index is 11.8. The molecule has 0 aliphatic heterocycles. The Morgan fingerprint density at radius 1 is 0.542 bits per heavy atom. The van der Waals surface area contributed by atoms with Crippen molar-refractivity contribution in [3.05, 3.63) is 175 Å². The van der Waals surface area contributed by atoms with Crippen molar-refractivity contribution < 1.29 is 8.42 Å². The van der Waals surface area contributed by atoms with Crippen LogP contribution >= 0.6 is 11.6 Å². The van der Waals surface area contributed by atoms with E-state index >= 15 is 0 Å². The van der Waals surface area contributed by atoms with Crippen LogP contribution in [0.3, 0.4) is 0 Å². The minimum atomic E-state index is -4.03. The van der Waals surface area contributed by atoms with Gasteiger partial charge in [0.15, 0.2) is 10.9 Å². The zero-order valence-corrected chi connectivity index (χ0v) is 32.8. The van der Waals surface area contributed by atoms with Crippen LogP contribution in [0.5, 0.6) is 0 Å². The lowest BCUT2D eigenvalue weighted by Crippen LogP contribution is -2.15. The first-order chi connectivity index (χ1) is 28.8. The second-order valence-electron chi connectivity index (χ2n) is 13.0. The summed E-state index contributed by atoms with van der Waals surface area (Å²) in [5, 5.41) is 13.6. The monoisotopic (exact) mass is 815 g/mol. The summed E-state index contributed by atoms with van der Waals surface area (Å²) >= 11 is 6.13. The third-order valence-corrected chi connectivity index (χ3v) is 10.00. The van der Waals surface area contributed by atoms with Crippen LogP contribution in [0.2, 0.25) is 5.28 Å². The summed E-state index contributed by atoms with van der Waals surface area (Å²) < 4.78 is 23.5. The van der Waals surface area contributed by atoms with Gasteiger partial charge in [0.1, 0.15) is 17.3 Å². The number of benzene rings is 4. The number of fused-ring (bicyclic) bond motifs is 2. The van der Waals surface area contributed by atoms with Gasteiger partial charge in [-0.3, -0.25) is 15.0 Å². The molecule has 5 heterocycles. The quantitative estimate of drug-likeness (QED) is 0.112. The van der Waals surface area contributed by atoms with E-state index in [2.05, 4.69) is 63.7 Å². The van der Waals surface area contributed by atoms with E-state index in [1.165, 1.54) is 6.20 Å². The number of halogens is 1. The summed E-state index contributed by atoms with van der Waals surface area (Å²) in [7, 11) is -4.03. The summed E-state index contributed by atoms with van der Waals surface area (Å²) in [6.45, 7) is 0.991. The molecule has 0 saturated heterocycles. The van der Waals surface area contributed by atoms with Gasteiger partial charge in [-0.05, 0) is 70.3 Å². The van der Waals surface area contributed by atoms with Gasteiger partial charge in [0.25, 0.3) is 10.0 Å². The van der Waals surface area contributed by atoms with E-state index in [9.17, 15) is 8.42 Å². The lowest BCUT2D eigenvalue weighted by molar-refractivity contribution is 0.593. The van der Waals surface area contributed by atoms with E-state index in [1.54, 1.807) is 12.4 Å². The zero-order chi connectivity index (χ0) is 40.6. The number of nitrogens with one attached hydrogen (secondary N) is 2. The first-order valence-corrected chi connectivity index (χ1v) is 20.2. The van der Waals surface area contributed by atoms with Crippen molar-refractivity contribution >= 4 is 55.1 Å². The van der Waals surface area contributed by atoms with Gasteiger partial charge in [0, 0.05) is 12.4 Å². The largest absolute Gasteiger partial charge is 0.364 e. The van der Waals surface area contributed by atoms with E-state index in [0.29, 0.717) is 30.2 Å². The second-order valence-corrected chi connectivity index (χ2v) is 14.9. The SMILES string of the molecule is Clc1nc(NCc2ccccn2)c2c(-c3ccccc3)cccc2n1.NS(=O)(=O)c1cncc(-c2nc(NCc3ccccn3)c3c(-c4ccccc4)cccc3n2)n1. The van der Waals surface area contributed by atoms with Crippen molar-refractivity contribution in [2.45, 2.75) is 18.1 Å².